The molecule has 0 aliphatic carbocycles. The van der Waals surface area contributed by atoms with Crippen LogP contribution in [0.3, 0.4) is 0 Å². The summed E-state index contributed by atoms with van der Waals surface area (Å²) in [5.74, 6) is 0. The highest BCUT2D eigenvalue weighted by atomic mass is 35.5. The van der Waals surface area contributed by atoms with Crippen LogP contribution in [-0.2, 0) is 6.18 Å². The maximum Gasteiger partial charge on any atom is 0.417 e. The number of rotatable bonds is 1. The zero-order valence-electron chi connectivity index (χ0n) is 10.8. The van der Waals surface area contributed by atoms with Gasteiger partial charge < -0.3 is 0 Å². The molecule has 0 amide bonds. The Hall–Kier alpha value is -0.320. The molecule has 8 heteroatoms. The minimum absolute atomic E-state index is 0.0897. The van der Waals surface area contributed by atoms with Crippen LogP contribution in [0.25, 0.3) is 11.1 Å². The SMILES string of the molecule is Cc1cccc(C(F)(F)F)c1-c1c(Cl)c(Cl)c(Cl)c(Cl)c1Cl. The smallest absolute Gasteiger partial charge is 0.166 e. The van der Waals surface area contributed by atoms with E-state index in [9.17, 15) is 13.2 Å². The molecule has 0 aliphatic rings. The lowest BCUT2D eigenvalue weighted by molar-refractivity contribution is -0.137. The molecule has 0 unspecified atom stereocenters. The van der Waals surface area contributed by atoms with E-state index in [1.807, 2.05) is 0 Å². The standard InChI is InChI=1S/C14H6Cl5F3/c1-5-3-2-4-6(14(20,21)22)7(5)8-9(15)11(17)13(19)12(18)10(8)16/h2-4H,1H3. The number of aryl methyl sites for hydroxylation is 1. The number of halogens is 8. The normalized spacial score (nSPS) is 11.9. The van der Waals surface area contributed by atoms with Crippen molar-refractivity contribution in [2.24, 2.45) is 0 Å². The summed E-state index contributed by atoms with van der Waals surface area (Å²) in [6.45, 7) is 1.51. The lowest BCUT2D eigenvalue weighted by Crippen LogP contribution is -2.08. The highest BCUT2D eigenvalue weighted by molar-refractivity contribution is 6.56. The van der Waals surface area contributed by atoms with E-state index in [-0.39, 0.29) is 36.2 Å². The van der Waals surface area contributed by atoms with E-state index in [1.165, 1.54) is 19.1 Å². The molecule has 0 saturated carbocycles. The Balaban J connectivity index is 2.96. The number of hydrogen-bond acceptors (Lipinski definition) is 0. The van der Waals surface area contributed by atoms with Gasteiger partial charge in [-0.1, -0.05) is 70.1 Å². The van der Waals surface area contributed by atoms with Gasteiger partial charge in [-0.05, 0) is 24.1 Å². The summed E-state index contributed by atoms with van der Waals surface area (Å²) >= 11 is 29.9. The van der Waals surface area contributed by atoms with Crippen LogP contribution in [0.2, 0.25) is 25.1 Å². The second-order valence-corrected chi connectivity index (χ2v) is 6.33. The molecule has 2 rings (SSSR count). The van der Waals surface area contributed by atoms with Crippen molar-refractivity contribution in [3.63, 3.8) is 0 Å². The fourth-order valence-corrected chi connectivity index (χ4v) is 3.39. The molecular formula is C14H6Cl5F3. The molecule has 2 aromatic carbocycles. The van der Waals surface area contributed by atoms with Gasteiger partial charge >= 0.3 is 6.18 Å². The molecule has 0 saturated heterocycles. The van der Waals surface area contributed by atoms with Gasteiger partial charge in [0.05, 0.1) is 30.7 Å². The van der Waals surface area contributed by atoms with E-state index in [0.29, 0.717) is 5.56 Å². The third kappa shape index (κ3) is 3.02. The van der Waals surface area contributed by atoms with Gasteiger partial charge in [0.25, 0.3) is 0 Å². The molecule has 0 atom stereocenters. The summed E-state index contributed by atoms with van der Waals surface area (Å²) in [4.78, 5) is 0. The molecule has 0 heterocycles. The van der Waals surface area contributed by atoms with Gasteiger partial charge in [-0.25, -0.2) is 0 Å². The van der Waals surface area contributed by atoms with Crippen LogP contribution in [-0.4, -0.2) is 0 Å². The van der Waals surface area contributed by atoms with Crippen molar-refractivity contribution in [1.82, 2.24) is 0 Å². The second kappa shape index (κ2) is 6.29. The fraction of sp³-hybridized carbons (Fsp3) is 0.143. The van der Waals surface area contributed by atoms with Crippen LogP contribution in [0.15, 0.2) is 18.2 Å². The first-order valence-electron chi connectivity index (χ1n) is 5.76. The number of benzene rings is 2. The zero-order valence-corrected chi connectivity index (χ0v) is 14.5. The second-order valence-electron chi connectivity index (χ2n) is 4.44. The van der Waals surface area contributed by atoms with Crippen molar-refractivity contribution in [2.75, 3.05) is 0 Å². The number of alkyl halides is 3. The molecule has 0 aromatic heterocycles. The molecule has 0 bridgehead atoms. The lowest BCUT2D eigenvalue weighted by Gasteiger charge is -2.19. The monoisotopic (exact) mass is 406 g/mol. The van der Waals surface area contributed by atoms with E-state index in [2.05, 4.69) is 0 Å². The van der Waals surface area contributed by atoms with Crippen LogP contribution in [0, 0.1) is 6.92 Å². The molecule has 0 fully saturated rings. The molecule has 0 radical (unpaired) electrons. The first kappa shape index (κ1) is 18.0. The highest BCUT2D eigenvalue weighted by Gasteiger charge is 2.36. The van der Waals surface area contributed by atoms with Crippen LogP contribution in [0.1, 0.15) is 11.1 Å². The molecular weight excluding hydrogens is 402 g/mol. The van der Waals surface area contributed by atoms with Gasteiger partial charge in [0.1, 0.15) is 0 Å². The summed E-state index contributed by atoms with van der Waals surface area (Å²) in [6.07, 6.45) is -4.59. The zero-order chi connectivity index (χ0) is 16.8. The Morgan fingerprint density at radius 2 is 1.18 bits per heavy atom. The van der Waals surface area contributed by atoms with Gasteiger partial charge in [-0.2, -0.15) is 13.2 Å². The quantitative estimate of drug-likeness (QED) is 0.332. The third-order valence-corrected chi connectivity index (χ3v) is 5.31. The van der Waals surface area contributed by atoms with Crippen molar-refractivity contribution >= 4 is 58.0 Å². The van der Waals surface area contributed by atoms with E-state index in [4.69, 9.17) is 58.0 Å². The summed E-state index contributed by atoms with van der Waals surface area (Å²) in [7, 11) is 0. The fourth-order valence-electron chi connectivity index (χ4n) is 2.06. The molecule has 118 valence electrons. The van der Waals surface area contributed by atoms with Gasteiger partial charge in [-0.15, -0.1) is 0 Å². The van der Waals surface area contributed by atoms with Crippen molar-refractivity contribution in [1.29, 1.82) is 0 Å². The predicted octanol–water partition coefficient (Wildman–Crippen LogP) is 7.95. The first-order chi connectivity index (χ1) is 10.1. The van der Waals surface area contributed by atoms with Crippen molar-refractivity contribution in [3.8, 4) is 11.1 Å². The average Bonchev–Trinajstić information content (AvgIpc) is 2.43. The van der Waals surface area contributed by atoms with Crippen LogP contribution in [0.5, 0.6) is 0 Å². The maximum absolute atomic E-state index is 13.3. The van der Waals surface area contributed by atoms with Crippen molar-refractivity contribution in [2.45, 2.75) is 13.1 Å². The minimum atomic E-state index is -4.59. The molecule has 0 N–H and O–H groups in total. The van der Waals surface area contributed by atoms with E-state index >= 15 is 0 Å². The van der Waals surface area contributed by atoms with Crippen molar-refractivity contribution < 1.29 is 13.2 Å². The Labute approximate surface area is 149 Å². The largest absolute Gasteiger partial charge is 0.417 e. The van der Waals surface area contributed by atoms with Gasteiger partial charge in [0.2, 0.25) is 0 Å². The Morgan fingerprint density at radius 1 is 0.727 bits per heavy atom. The highest BCUT2D eigenvalue weighted by Crippen LogP contribution is 2.51. The van der Waals surface area contributed by atoms with E-state index < -0.39 is 11.7 Å². The topological polar surface area (TPSA) is 0 Å². The molecule has 22 heavy (non-hydrogen) atoms. The average molecular weight is 408 g/mol. The van der Waals surface area contributed by atoms with Gasteiger partial charge in [0.15, 0.2) is 0 Å². The third-order valence-electron chi connectivity index (χ3n) is 3.04. The summed E-state index contributed by atoms with van der Waals surface area (Å²) in [5.41, 5.74) is -0.822. The van der Waals surface area contributed by atoms with Crippen LogP contribution < -0.4 is 0 Å². The molecule has 2 aromatic rings. The predicted molar refractivity (Wildman–Crippen MR) is 86.7 cm³/mol. The number of hydrogen-bond donors (Lipinski definition) is 0. The van der Waals surface area contributed by atoms with Crippen LogP contribution >= 0.6 is 58.0 Å². The molecule has 0 spiro atoms. The lowest BCUT2D eigenvalue weighted by atomic mass is 9.94. The van der Waals surface area contributed by atoms with E-state index in [1.54, 1.807) is 0 Å². The summed E-state index contributed by atoms with van der Waals surface area (Å²) in [6, 6.07) is 3.74. The molecule has 0 aliphatic heterocycles. The Kier molecular flexibility index (Phi) is 5.15. The first-order valence-corrected chi connectivity index (χ1v) is 7.65. The summed E-state index contributed by atoms with van der Waals surface area (Å²) in [5, 5.41) is -0.765. The van der Waals surface area contributed by atoms with Gasteiger partial charge in [0, 0.05) is 5.56 Å². The minimum Gasteiger partial charge on any atom is -0.166 e. The maximum atomic E-state index is 13.3. The van der Waals surface area contributed by atoms with Gasteiger partial charge in [-0.3, -0.25) is 0 Å². The Bertz CT molecular complexity index is 724. The van der Waals surface area contributed by atoms with Crippen molar-refractivity contribution in [3.05, 3.63) is 54.4 Å². The van der Waals surface area contributed by atoms with Crippen LogP contribution in [0.4, 0.5) is 13.2 Å². The molecule has 0 nitrogen and oxygen atoms in total. The Morgan fingerprint density at radius 3 is 1.64 bits per heavy atom. The summed E-state index contributed by atoms with van der Waals surface area (Å²) < 4.78 is 39.8. The van der Waals surface area contributed by atoms with E-state index in [0.717, 1.165) is 6.07 Å².